The molecule has 2 saturated heterocycles. The van der Waals surface area contributed by atoms with Gasteiger partial charge in [0.15, 0.2) is 0 Å². The van der Waals surface area contributed by atoms with E-state index in [4.69, 9.17) is 9.47 Å². The van der Waals surface area contributed by atoms with Crippen LogP contribution in [0.4, 0.5) is 0 Å². The van der Waals surface area contributed by atoms with Crippen LogP contribution in [0.1, 0.15) is 85.0 Å². The number of ether oxygens (including phenoxy) is 2. The van der Waals surface area contributed by atoms with Crippen molar-refractivity contribution in [2.45, 2.75) is 109 Å². The monoisotopic (exact) mass is 543 g/mol. The van der Waals surface area contributed by atoms with Gasteiger partial charge in [-0.05, 0) is 86.5 Å². The highest BCUT2D eigenvalue weighted by Crippen LogP contribution is 2.67. The van der Waals surface area contributed by atoms with E-state index in [-0.39, 0.29) is 23.5 Å². The summed E-state index contributed by atoms with van der Waals surface area (Å²) < 4.78 is 13.3. The van der Waals surface area contributed by atoms with Crippen molar-refractivity contribution in [2.75, 3.05) is 45.9 Å². The molecule has 6 fully saturated rings. The Morgan fingerprint density at radius 1 is 1.10 bits per heavy atom. The number of quaternary nitrogens is 1. The van der Waals surface area contributed by atoms with E-state index in [9.17, 15) is 9.90 Å². The molecule has 6 rings (SSSR count). The summed E-state index contributed by atoms with van der Waals surface area (Å²) >= 11 is 0. The third-order valence-electron chi connectivity index (χ3n) is 13.3. The predicted octanol–water partition coefficient (Wildman–Crippen LogP) is 4.80. The minimum atomic E-state index is -0.450. The van der Waals surface area contributed by atoms with Crippen LogP contribution in [0.2, 0.25) is 0 Å². The van der Waals surface area contributed by atoms with Gasteiger partial charge in [-0.3, -0.25) is 9.69 Å². The Hall–Kier alpha value is -0.950. The molecule has 10 atom stereocenters. The number of carbonyl (C=O) groups is 1. The van der Waals surface area contributed by atoms with E-state index in [0.29, 0.717) is 36.4 Å². The maximum Gasteiger partial charge on any atom is 0.302 e. The maximum absolute atomic E-state index is 12.6. The van der Waals surface area contributed by atoms with Gasteiger partial charge in [0.05, 0.1) is 51.0 Å². The van der Waals surface area contributed by atoms with Crippen molar-refractivity contribution in [2.24, 2.45) is 34.5 Å². The molecule has 0 spiro atoms. The summed E-state index contributed by atoms with van der Waals surface area (Å²) in [6, 6.07) is 0.637. The predicted molar refractivity (Wildman–Crippen MR) is 153 cm³/mol. The number of esters is 1. The van der Waals surface area contributed by atoms with Crippen LogP contribution in [0.15, 0.2) is 12.7 Å². The lowest BCUT2D eigenvalue weighted by atomic mass is 9.44. The topological polar surface area (TPSA) is 59.0 Å². The average molecular weight is 544 g/mol. The zero-order chi connectivity index (χ0) is 27.4. The largest absolute Gasteiger partial charge is 0.460 e. The first-order valence-corrected chi connectivity index (χ1v) is 16.4. The second-order valence-corrected chi connectivity index (χ2v) is 15.0. The molecular formula is C33H55N2O4+. The zero-order valence-corrected chi connectivity index (χ0v) is 25.0. The molecule has 0 radical (unpaired) electrons. The van der Waals surface area contributed by atoms with Crippen LogP contribution in [0.3, 0.4) is 0 Å². The summed E-state index contributed by atoms with van der Waals surface area (Å²) in [5.41, 5.74) is 0.336. The van der Waals surface area contributed by atoms with E-state index in [1.807, 2.05) is 0 Å². The minimum Gasteiger partial charge on any atom is -0.460 e. The Morgan fingerprint density at radius 2 is 1.85 bits per heavy atom. The van der Waals surface area contributed by atoms with Gasteiger partial charge in [-0.1, -0.05) is 20.4 Å². The number of likely N-dealkylation sites (tertiary alicyclic amines) is 1. The number of hydrogen-bond acceptors (Lipinski definition) is 5. The quantitative estimate of drug-likeness (QED) is 0.307. The molecule has 220 valence electrons. The van der Waals surface area contributed by atoms with Crippen LogP contribution in [0.5, 0.6) is 0 Å². The first kappa shape index (κ1) is 28.2. The molecule has 0 bridgehead atoms. The fraction of sp³-hybridized carbons (Fsp3) is 0.909. The van der Waals surface area contributed by atoms with Crippen LogP contribution in [-0.2, 0) is 14.3 Å². The lowest BCUT2D eigenvalue weighted by Crippen LogP contribution is -2.69. The van der Waals surface area contributed by atoms with Gasteiger partial charge in [0.1, 0.15) is 6.10 Å². The minimum absolute atomic E-state index is 0.0886. The smallest absolute Gasteiger partial charge is 0.302 e. The van der Waals surface area contributed by atoms with Crippen molar-refractivity contribution in [3.8, 4) is 0 Å². The number of hydrogen-bond donors (Lipinski definition) is 1. The molecule has 0 amide bonds. The van der Waals surface area contributed by atoms with Crippen molar-refractivity contribution in [3.05, 3.63) is 12.7 Å². The Bertz CT molecular complexity index is 913. The molecule has 0 aromatic rings. The van der Waals surface area contributed by atoms with E-state index >= 15 is 0 Å². The van der Waals surface area contributed by atoms with E-state index in [2.05, 4.69) is 31.4 Å². The van der Waals surface area contributed by atoms with Gasteiger partial charge in [-0.2, -0.15) is 0 Å². The first-order valence-electron chi connectivity index (χ1n) is 16.4. The Labute approximate surface area is 237 Å². The normalized spacial score (nSPS) is 47.9. The second-order valence-electron chi connectivity index (χ2n) is 15.0. The van der Waals surface area contributed by atoms with Gasteiger partial charge in [-0.25, -0.2) is 0 Å². The third-order valence-corrected chi connectivity index (χ3v) is 13.3. The van der Waals surface area contributed by atoms with E-state index < -0.39 is 6.10 Å². The molecule has 39 heavy (non-hydrogen) atoms. The molecule has 4 aliphatic carbocycles. The highest BCUT2D eigenvalue weighted by Gasteiger charge is 2.66. The van der Waals surface area contributed by atoms with Crippen molar-refractivity contribution in [1.29, 1.82) is 0 Å². The van der Waals surface area contributed by atoms with Gasteiger partial charge in [0.25, 0.3) is 0 Å². The van der Waals surface area contributed by atoms with Crippen LogP contribution >= 0.6 is 0 Å². The summed E-state index contributed by atoms with van der Waals surface area (Å²) in [6.07, 6.45) is 14.2. The summed E-state index contributed by atoms with van der Waals surface area (Å²) in [5, 5.41) is 11.5. The SMILES string of the molecule is C=CC[N+]1(C2C[C@H]3[C@@H]4CCC5CC(O)C(N6CCOCC6)C(OC(C)=O)[C@]5(C)[C@@H]4CC[C@]3(C)C2)CCCCC1. The Morgan fingerprint density at radius 3 is 2.54 bits per heavy atom. The molecule has 4 saturated carbocycles. The lowest BCUT2D eigenvalue weighted by molar-refractivity contribution is -0.950. The molecule has 6 nitrogen and oxygen atoms in total. The molecule has 5 unspecified atom stereocenters. The summed E-state index contributed by atoms with van der Waals surface area (Å²) in [7, 11) is 0. The maximum atomic E-state index is 12.6. The number of morpholine rings is 1. The Kier molecular flexibility index (Phi) is 7.74. The lowest BCUT2D eigenvalue weighted by Gasteiger charge is -2.64. The number of piperidine rings is 1. The molecule has 1 N–H and O–H groups in total. The van der Waals surface area contributed by atoms with E-state index in [0.717, 1.165) is 44.4 Å². The number of rotatable bonds is 5. The van der Waals surface area contributed by atoms with Crippen molar-refractivity contribution >= 4 is 5.97 Å². The van der Waals surface area contributed by atoms with Gasteiger partial charge < -0.3 is 19.1 Å². The van der Waals surface area contributed by atoms with Gasteiger partial charge >= 0.3 is 5.97 Å². The number of nitrogens with zero attached hydrogens (tertiary/aromatic N) is 2. The molecule has 0 aromatic heterocycles. The van der Waals surface area contributed by atoms with Gasteiger partial charge in [-0.15, -0.1) is 0 Å². The van der Waals surface area contributed by atoms with Gasteiger partial charge in [0.2, 0.25) is 0 Å². The van der Waals surface area contributed by atoms with Crippen LogP contribution < -0.4 is 0 Å². The molecule has 0 aromatic carbocycles. The standard InChI is InChI=1S/C33H55N2O4/c1-5-15-35(16-7-6-8-17-35)25-21-28-26-10-9-24-20-29(37)30(34-13-18-38-19-14-34)31(39-23(2)36)33(24,4)27(26)11-12-32(28,3)22-25/h5,24-31,37H,1,6-22H2,2-4H3/q+1/t24?,25?,26-,27-,28+,29?,30?,31?,32-,33+/m1/s1. The van der Waals surface area contributed by atoms with Crippen LogP contribution in [0.25, 0.3) is 0 Å². The highest BCUT2D eigenvalue weighted by molar-refractivity contribution is 5.66. The van der Waals surface area contributed by atoms with Gasteiger partial charge in [0, 0.05) is 38.3 Å². The third kappa shape index (κ3) is 4.64. The number of aliphatic hydroxyl groups is 1. The fourth-order valence-electron chi connectivity index (χ4n) is 11.5. The molecule has 6 heteroatoms. The second kappa shape index (κ2) is 10.7. The van der Waals surface area contributed by atoms with Crippen molar-refractivity contribution < 1.29 is 23.9 Å². The fourth-order valence-corrected chi connectivity index (χ4v) is 11.5. The summed E-state index contributed by atoms with van der Waals surface area (Å²) in [5.74, 6) is 2.23. The molecule has 2 aliphatic heterocycles. The van der Waals surface area contributed by atoms with Crippen LogP contribution in [0, 0.1) is 34.5 Å². The highest BCUT2D eigenvalue weighted by atomic mass is 16.5. The number of aliphatic hydroxyl groups excluding tert-OH is 1. The zero-order valence-electron chi connectivity index (χ0n) is 25.0. The summed E-state index contributed by atoms with van der Waals surface area (Å²) in [4.78, 5) is 15.0. The Balaban J connectivity index is 1.31. The summed E-state index contributed by atoms with van der Waals surface area (Å²) in [6.45, 7) is 17.6. The number of fused-ring (bicyclic) bond motifs is 5. The van der Waals surface area contributed by atoms with E-state index in [1.165, 1.54) is 68.9 Å². The molecular weight excluding hydrogens is 488 g/mol. The number of carbonyl (C=O) groups excluding carboxylic acids is 1. The van der Waals surface area contributed by atoms with E-state index in [1.54, 1.807) is 6.92 Å². The first-order chi connectivity index (χ1) is 18.7. The average Bonchev–Trinajstić information content (AvgIpc) is 3.29. The van der Waals surface area contributed by atoms with Crippen molar-refractivity contribution in [3.63, 3.8) is 0 Å². The van der Waals surface area contributed by atoms with Crippen molar-refractivity contribution in [1.82, 2.24) is 4.90 Å². The molecule has 2 heterocycles. The molecule has 6 aliphatic rings. The van der Waals surface area contributed by atoms with Crippen LogP contribution in [-0.4, -0.2) is 90.7 Å².